The number of aryl methyl sites for hydroxylation is 1. The van der Waals surface area contributed by atoms with Crippen LogP contribution in [0.15, 0.2) is 0 Å². The molecule has 1 aromatic rings. The first-order valence-electron chi connectivity index (χ1n) is 4.79. The van der Waals surface area contributed by atoms with Gasteiger partial charge in [0.2, 0.25) is 5.28 Å². The fourth-order valence-corrected chi connectivity index (χ4v) is 1.79. The van der Waals surface area contributed by atoms with E-state index < -0.39 is 0 Å². The van der Waals surface area contributed by atoms with Crippen molar-refractivity contribution in [3.05, 3.63) is 11.1 Å². The predicted molar refractivity (Wildman–Crippen MR) is 62.0 cm³/mol. The molecule has 0 aromatic carbocycles. The quantitative estimate of drug-likeness (QED) is 0.784. The van der Waals surface area contributed by atoms with Gasteiger partial charge in [0.15, 0.2) is 0 Å². The summed E-state index contributed by atoms with van der Waals surface area (Å²) in [5, 5.41) is 9.04. The summed E-state index contributed by atoms with van der Waals surface area (Å²) in [5.41, 5.74) is 0. The van der Waals surface area contributed by atoms with E-state index in [-0.39, 0.29) is 0 Å². The van der Waals surface area contributed by atoms with E-state index in [0.717, 1.165) is 25.2 Å². The molecule has 3 nitrogen and oxygen atoms in total. The number of thioether (sulfide) groups is 1. The minimum absolute atomic E-state index is 0.509. The molecule has 0 bridgehead atoms. The third-order valence-corrected chi connectivity index (χ3v) is 3.58. The van der Waals surface area contributed by atoms with E-state index in [9.17, 15) is 0 Å². The molecule has 0 aliphatic heterocycles. The van der Waals surface area contributed by atoms with E-state index in [2.05, 4.69) is 30.3 Å². The van der Waals surface area contributed by atoms with Gasteiger partial charge in [0.05, 0.1) is 0 Å². The Morgan fingerprint density at radius 2 is 2.21 bits per heavy atom. The molecule has 0 fully saturated rings. The molecule has 1 heterocycles. The van der Waals surface area contributed by atoms with Gasteiger partial charge < -0.3 is 4.57 Å². The number of aromatic nitrogens is 3. The Morgan fingerprint density at radius 1 is 1.50 bits per heavy atom. The van der Waals surface area contributed by atoms with Gasteiger partial charge in [0, 0.05) is 18.2 Å². The fraction of sp³-hybridized carbons (Fsp3) is 0.778. The summed E-state index contributed by atoms with van der Waals surface area (Å²) >= 11 is 7.80. The minimum atomic E-state index is 0.509. The van der Waals surface area contributed by atoms with Crippen molar-refractivity contribution in [1.29, 1.82) is 0 Å². The van der Waals surface area contributed by atoms with Crippen LogP contribution in [0.4, 0.5) is 0 Å². The fourth-order valence-electron chi connectivity index (χ4n) is 1.23. The van der Waals surface area contributed by atoms with E-state index in [1.807, 2.05) is 16.3 Å². The van der Waals surface area contributed by atoms with Crippen LogP contribution in [-0.4, -0.2) is 26.3 Å². The highest BCUT2D eigenvalue weighted by molar-refractivity contribution is 7.99. The van der Waals surface area contributed by atoms with Crippen LogP contribution in [0, 0.1) is 0 Å². The molecular formula is C9H16ClN3S. The Balaban J connectivity index is 2.60. The van der Waals surface area contributed by atoms with Crippen molar-refractivity contribution in [2.24, 2.45) is 0 Å². The van der Waals surface area contributed by atoms with E-state index in [4.69, 9.17) is 11.6 Å². The van der Waals surface area contributed by atoms with Crippen LogP contribution in [-0.2, 0) is 13.0 Å². The summed E-state index contributed by atoms with van der Waals surface area (Å²) in [6.07, 6.45) is 4.11. The molecule has 14 heavy (non-hydrogen) atoms. The molecule has 0 saturated heterocycles. The third-order valence-electron chi connectivity index (χ3n) is 2.26. The van der Waals surface area contributed by atoms with E-state index in [1.165, 1.54) is 0 Å². The van der Waals surface area contributed by atoms with E-state index in [1.54, 1.807) is 0 Å². The molecule has 1 aromatic heterocycles. The summed E-state index contributed by atoms with van der Waals surface area (Å²) in [4.78, 5) is 0. The molecule has 0 aliphatic carbocycles. The number of nitrogens with zero attached hydrogens (tertiary/aromatic N) is 3. The van der Waals surface area contributed by atoms with Gasteiger partial charge in [-0.2, -0.15) is 11.8 Å². The largest absolute Gasteiger partial charge is 0.302 e. The second-order valence-electron chi connectivity index (χ2n) is 3.23. The van der Waals surface area contributed by atoms with Gasteiger partial charge in [-0.1, -0.05) is 13.8 Å². The van der Waals surface area contributed by atoms with Crippen molar-refractivity contribution >= 4 is 23.4 Å². The summed E-state index contributed by atoms with van der Waals surface area (Å²) in [7, 11) is 0. The molecule has 1 rings (SSSR count). The van der Waals surface area contributed by atoms with Gasteiger partial charge in [-0.15, -0.1) is 10.2 Å². The Hall–Kier alpha value is -0.220. The molecule has 5 heteroatoms. The molecule has 0 saturated carbocycles. The monoisotopic (exact) mass is 233 g/mol. The number of halogens is 1. The lowest BCUT2D eigenvalue weighted by Gasteiger charge is -2.10. The first kappa shape index (κ1) is 11.9. The Labute approximate surface area is 94.2 Å². The molecule has 0 radical (unpaired) electrons. The maximum Gasteiger partial charge on any atom is 0.225 e. The topological polar surface area (TPSA) is 30.7 Å². The maximum atomic E-state index is 5.93. The lowest BCUT2D eigenvalue weighted by atomic mass is 10.3. The van der Waals surface area contributed by atoms with Crippen LogP contribution in [0.1, 0.15) is 26.1 Å². The highest BCUT2D eigenvalue weighted by Crippen LogP contribution is 2.14. The van der Waals surface area contributed by atoms with Gasteiger partial charge >= 0.3 is 0 Å². The Bertz CT molecular complexity index is 288. The molecular weight excluding hydrogens is 218 g/mol. The van der Waals surface area contributed by atoms with Gasteiger partial charge in [-0.05, 0) is 24.3 Å². The van der Waals surface area contributed by atoms with Crippen molar-refractivity contribution in [2.75, 3.05) is 6.26 Å². The summed E-state index contributed by atoms with van der Waals surface area (Å²) in [6, 6.07) is 0. The number of hydrogen-bond acceptors (Lipinski definition) is 3. The molecule has 0 spiro atoms. The average Bonchev–Trinajstić information content (AvgIpc) is 2.55. The van der Waals surface area contributed by atoms with Gasteiger partial charge in [0.1, 0.15) is 5.82 Å². The van der Waals surface area contributed by atoms with Crippen LogP contribution in [0.3, 0.4) is 0 Å². The van der Waals surface area contributed by atoms with Crippen LogP contribution in [0.2, 0.25) is 5.28 Å². The molecule has 0 amide bonds. The zero-order valence-corrected chi connectivity index (χ0v) is 10.4. The van der Waals surface area contributed by atoms with Crippen molar-refractivity contribution in [3.8, 4) is 0 Å². The summed E-state index contributed by atoms with van der Waals surface area (Å²) < 4.78 is 1.99. The molecule has 0 N–H and O–H groups in total. The van der Waals surface area contributed by atoms with Gasteiger partial charge in [0.25, 0.3) is 0 Å². The maximum absolute atomic E-state index is 5.93. The van der Waals surface area contributed by atoms with Crippen molar-refractivity contribution in [2.45, 2.75) is 38.5 Å². The molecule has 0 aliphatic rings. The lowest BCUT2D eigenvalue weighted by molar-refractivity contribution is 0.613. The minimum Gasteiger partial charge on any atom is -0.302 e. The third kappa shape index (κ3) is 2.89. The predicted octanol–water partition coefficient (Wildman–Crippen LogP) is 2.64. The second kappa shape index (κ2) is 5.61. The number of rotatable bonds is 5. The first-order chi connectivity index (χ1) is 6.69. The SMILES string of the molecule is CCc1nnc(Cl)n1CCC(C)SC. The van der Waals surface area contributed by atoms with E-state index in [0.29, 0.717) is 10.5 Å². The van der Waals surface area contributed by atoms with Crippen molar-refractivity contribution < 1.29 is 0 Å². The van der Waals surface area contributed by atoms with Crippen molar-refractivity contribution in [3.63, 3.8) is 0 Å². The molecule has 1 unspecified atom stereocenters. The van der Waals surface area contributed by atoms with Crippen molar-refractivity contribution in [1.82, 2.24) is 14.8 Å². The highest BCUT2D eigenvalue weighted by Gasteiger charge is 2.09. The van der Waals surface area contributed by atoms with Gasteiger partial charge in [-0.3, -0.25) is 0 Å². The Kier molecular flexibility index (Phi) is 4.75. The second-order valence-corrected chi connectivity index (χ2v) is 4.84. The van der Waals surface area contributed by atoms with Crippen LogP contribution in [0.25, 0.3) is 0 Å². The zero-order valence-electron chi connectivity index (χ0n) is 8.83. The molecule has 80 valence electrons. The normalized spacial score (nSPS) is 13.1. The zero-order chi connectivity index (χ0) is 10.6. The molecule has 1 atom stereocenters. The van der Waals surface area contributed by atoms with Crippen LogP contribution >= 0.6 is 23.4 Å². The first-order valence-corrected chi connectivity index (χ1v) is 6.46. The number of hydrogen-bond donors (Lipinski definition) is 0. The lowest BCUT2D eigenvalue weighted by Crippen LogP contribution is -2.08. The standard InChI is InChI=1S/C9H16ClN3S/c1-4-8-11-12-9(10)13(8)6-5-7(2)14-3/h7H,4-6H2,1-3H3. The van der Waals surface area contributed by atoms with Gasteiger partial charge in [-0.25, -0.2) is 0 Å². The average molecular weight is 234 g/mol. The van der Waals surface area contributed by atoms with Crippen LogP contribution < -0.4 is 0 Å². The van der Waals surface area contributed by atoms with Crippen LogP contribution in [0.5, 0.6) is 0 Å². The smallest absolute Gasteiger partial charge is 0.225 e. The highest BCUT2D eigenvalue weighted by atomic mass is 35.5. The summed E-state index contributed by atoms with van der Waals surface area (Å²) in [5.74, 6) is 0.975. The summed E-state index contributed by atoms with van der Waals surface area (Å²) in [6.45, 7) is 5.19. The Morgan fingerprint density at radius 3 is 2.79 bits per heavy atom. The van der Waals surface area contributed by atoms with E-state index >= 15 is 0 Å².